The van der Waals surface area contributed by atoms with Crippen molar-refractivity contribution in [2.75, 3.05) is 45.0 Å². The van der Waals surface area contributed by atoms with Crippen molar-refractivity contribution in [3.05, 3.63) is 34.9 Å². The molecule has 7 heteroatoms. The van der Waals surface area contributed by atoms with Crippen molar-refractivity contribution in [3.63, 3.8) is 0 Å². The topological polar surface area (TPSA) is 52.7 Å². The molecule has 0 radical (unpaired) electrons. The quantitative estimate of drug-likeness (QED) is 0.784. The maximum atomic E-state index is 12.4. The summed E-state index contributed by atoms with van der Waals surface area (Å²) in [5.74, 6) is 1.48. The highest BCUT2D eigenvalue weighted by molar-refractivity contribution is 7.99. The summed E-state index contributed by atoms with van der Waals surface area (Å²) in [5.41, 5.74) is 1.13. The van der Waals surface area contributed by atoms with Crippen molar-refractivity contribution in [1.29, 1.82) is 0 Å². The summed E-state index contributed by atoms with van der Waals surface area (Å²) in [6.07, 6.45) is 0.907. The standard InChI is InChI=1S/C18H26ClN3O2S/c1-2-20-17(23)12-21-7-4-8-22(10-9-21)18(24)14-25-13-15-5-3-6-16(19)11-15/h3,5-6,11H,2,4,7-10,12-14H2,1H3,(H,20,23). The van der Waals surface area contributed by atoms with Crippen LogP contribution in [0.3, 0.4) is 0 Å². The molecule has 1 saturated heterocycles. The van der Waals surface area contributed by atoms with Crippen LogP contribution in [0.2, 0.25) is 5.02 Å². The van der Waals surface area contributed by atoms with Crippen LogP contribution in [0.5, 0.6) is 0 Å². The van der Waals surface area contributed by atoms with Crippen LogP contribution in [0.15, 0.2) is 24.3 Å². The summed E-state index contributed by atoms with van der Waals surface area (Å²) in [6, 6.07) is 7.74. The van der Waals surface area contributed by atoms with Gasteiger partial charge in [0.15, 0.2) is 0 Å². The Bertz CT molecular complexity index is 585. The van der Waals surface area contributed by atoms with Gasteiger partial charge in [-0.25, -0.2) is 0 Å². The van der Waals surface area contributed by atoms with E-state index in [1.54, 1.807) is 11.8 Å². The van der Waals surface area contributed by atoms with E-state index in [2.05, 4.69) is 10.2 Å². The lowest BCUT2D eigenvalue weighted by Crippen LogP contribution is -2.40. The van der Waals surface area contributed by atoms with Crippen LogP contribution in [-0.4, -0.2) is 66.6 Å². The van der Waals surface area contributed by atoms with Gasteiger partial charge in [0.25, 0.3) is 0 Å². The van der Waals surface area contributed by atoms with E-state index in [4.69, 9.17) is 11.6 Å². The van der Waals surface area contributed by atoms with Crippen molar-refractivity contribution >= 4 is 35.2 Å². The number of halogens is 1. The van der Waals surface area contributed by atoms with Gasteiger partial charge in [-0.3, -0.25) is 14.5 Å². The average Bonchev–Trinajstić information content (AvgIpc) is 2.81. The fourth-order valence-corrected chi connectivity index (χ4v) is 3.90. The molecule has 0 atom stereocenters. The van der Waals surface area contributed by atoms with Gasteiger partial charge in [0.1, 0.15) is 0 Å². The Hall–Kier alpha value is -1.24. The van der Waals surface area contributed by atoms with Crippen molar-refractivity contribution in [3.8, 4) is 0 Å². The lowest BCUT2D eigenvalue weighted by molar-refractivity contribution is -0.128. The Morgan fingerprint density at radius 2 is 2.08 bits per heavy atom. The normalized spacial score (nSPS) is 15.7. The van der Waals surface area contributed by atoms with Crippen LogP contribution < -0.4 is 5.32 Å². The maximum Gasteiger partial charge on any atom is 0.234 e. The Balaban J connectivity index is 1.72. The summed E-state index contributed by atoms with van der Waals surface area (Å²) >= 11 is 7.59. The van der Waals surface area contributed by atoms with Gasteiger partial charge < -0.3 is 10.2 Å². The van der Waals surface area contributed by atoms with Gasteiger partial charge in [-0.15, -0.1) is 11.8 Å². The molecule has 2 amide bonds. The Morgan fingerprint density at radius 1 is 1.24 bits per heavy atom. The van der Waals surface area contributed by atoms with Crippen LogP contribution in [0.1, 0.15) is 18.9 Å². The van der Waals surface area contributed by atoms with Gasteiger partial charge in [0.2, 0.25) is 11.8 Å². The van der Waals surface area contributed by atoms with Crippen LogP contribution in [0.4, 0.5) is 0 Å². The van der Waals surface area contributed by atoms with E-state index < -0.39 is 0 Å². The number of hydrogen-bond donors (Lipinski definition) is 1. The van der Waals surface area contributed by atoms with Gasteiger partial charge in [-0.05, 0) is 31.0 Å². The first-order chi connectivity index (χ1) is 12.1. The Kier molecular flexibility index (Phi) is 8.58. The zero-order chi connectivity index (χ0) is 18.1. The fraction of sp³-hybridized carbons (Fsp3) is 0.556. The number of benzene rings is 1. The number of rotatable bonds is 7. The van der Waals surface area contributed by atoms with Gasteiger partial charge in [-0.1, -0.05) is 23.7 Å². The number of nitrogens with one attached hydrogen (secondary N) is 1. The molecule has 138 valence electrons. The zero-order valence-electron chi connectivity index (χ0n) is 14.7. The minimum Gasteiger partial charge on any atom is -0.355 e. The van der Waals surface area contributed by atoms with Crippen LogP contribution in [-0.2, 0) is 15.3 Å². The number of thioether (sulfide) groups is 1. The third kappa shape index (κ3) is 7.26. The van der Waals surface area contributed by atoms with E-state index in [1.165, 1.54) is 0 Å². The molecular weight excluding hydrogens is 358 g/mol. The molecule has 0 saturated carbocycles. The van der Waals surface area contributed by atoms with Crippen molar-refractivity contribution < 1.29 is 9.59 Å². The molecule has 1 fully saturated rings. The van der Waals surface area contributed by atoms with Crippen molar-refractivity contribution in [1.82, 2.24) is 15.1 Å². The molecule has 1 N–H and O–H groups in total. The monoisotopic (exact) mass is 383 g/mol. The highest BCUT2D eigenvalue weighted by Gasteiger charge is 2.20. The minimum absolute atomic E-state index is 0.0550. The molecule has 1 aliphatic rings. The number of carbonyl (C=O) groups excluding carboxylic acids is 2. The van der Waals surface area contributed by atoms with E-state index in [0.29, 0.717) is 25.4 Å². The van der Waals surface area contributed by atoms with Crippen molar-refractivity contribution in [2.45, 2.75) is 19.1 Å². The lowest BCUT2D eigenvalue weighted by atomic mass is 10.2. The van der Waals surface area contributed by atoms with E-state index >= 15 is 0 Å². The largest absolute Gasteiger partial charge is 0.355 e. The van der Waals surface area contributed by atoms with E-state index in [-0.39, 0.29) is 11.8 Å². The summed E-state index contributed by atoms with van der Waals surface area (Å²) in [6.45, 7) is 6.05. The first-order valence-corrected chi connectivity index (χ1v) is 10.2. The zero-order valence-corrected chi connectivity index (χ0v) is 16.2. The molecule has 1 aromatic carbocycles. The summed E-state index contributed by atoms with van der Waals surface area (Å²) < 4.78 is 0. The van der Waals surface area contributed by atoms with Crippen molar-refractivity contribution in [2.24, 2.45) is 0 Å². The second-order valence-corrected chi connectivity index (χ2v) is 7.51. The minimum atomic E-state index is 0.0550. The highest BCUT2D eigenvalue weighted by atomic mass is 35.5. The second kappa shape index (κ2) is 10.7. The number of nitrogens with zero attached hydrogens (tertiary/aromatic N) is 2. The molecule has 0 aromatic heterocycles. The number of carbonyl (C=O) groups is 2. The SMILES string of the molecule is CCNC(=O)CN1CCCN(C(=O)CSCc2cccc(Cl)c2)CC1. The predicted molar refractivity (Wildman–Crippen MR) is 104 cm³/mol. The fourth-order valence-electron chi connectivity index (χ4n) is 2.81. The first kappa shape index (κ1) is 20.1. The van der Waals surface area contributed by atoms with E-state index in [0.717, 1.165) is 42.4 Å². The molecule has 1 aliphatic heterocycles. The number of likely N-dealkylation sites (N-methyl/N-ethyl adjacent to an activating group) is 1. The van der Waals surface area contributed by atoms with Gasteiger partial charge in [-0.2, -0.15) is 0 Å². The highest BCUT2D eigenvalue weighted by Crippen LogP contribution is 2.17. The molecule has 1 aromatic rings. The first-order valence-electron chi connectivity index (χ1n) is 8.67. The van der Waals surface area contributed by atoms with Crippen LogP contribution in [0, 0.1) is 0 Å². The smallest absolute Gasteiger partial charge is 0.234 e. The predicted octanol–water partition coefficient (Wildman–Crippen LogP) is 2.24. The Morgan fingerprint density at radius 3 is 2.84 bits per heavy atom. The molecule has 25 heavy (non-hydrogen) atoms. The summed E-state index contributed by atoms with van der Waals surface area (Å²) in [4.78, 5) is 28.2. The second-order valence-electron chi connectivity index (χ2n) is 6.09. The molecule has 0 spiro atoms. The maximum absolute atomic E-state index is 12.4. The molecule has 0 unspecified atom stereocenters. The summed E-state index contributed by atoms with van der Waals surface area (Å²) in [7, 11) is 0. The third-order valence-electron chi connectivity index (χ3n) is 4.07. The molecule has 5 nitrogen and oxygen atoms in total. The summed E-state index contributed by atoms with van der Waals surface area (Å²) in [5, 5.41) is 3.55. The average molecular weight is 384 g/mol. The third-order valence-corrected chi connectivity index (χ3v) is 5.29. The van der Waals surface area contributed by atoms with Gasteiger partial charge >= 0.3 is 0 Å². The van der Waals surface area contributed by atoms with E-state index in [9.17, 15) is 9.59 Å². The van der Waals surface area contributed by atoms with Crippen LogP contribution >= 0.6 is 23.4 Å². The molecule has 0 aliphatic carbocycles. The number of amides is 2. The van der Waals surface area contributed by atoms with E-state index in [1.807, 2.05) is 36.1 Å². The van der Waals surface area contributed by atoms with Crippen LogP contribution in [0.25, 0.3) is 0 Å². The molecule has 0 bridgehead atoms. The van der Waals surface area contributed by atoms with Gasteiger partial charge in [0, 0.05) is 43.5 Å². The molecular formula is C18H26ClN3O2S. The molecule has 2 rings (SSSR count). The Labute approximate surface area is 159 Å². The van der Waals surface area contributed by atoms with Gasteiger partial charge in [0.05, 0.1) is 12.3 Å². The molecule has 1 heterocycles. The lowest BCUT2D eigenvalue weighted by Gasteiger charge is -2.21. The number of hydrogen-bond acceptors (Lipinski definition) is 4.